The molecule has 60 valence electrons. The largest absolute Gasteiger partial charge is 0.377 e. The van der Waals surface area contributed by atoms with Crippen molar-refractivity contribution in [2.45, 2.75) is 38.8 Å². The molecular formula is C8H17NO. The van der Waals surface area contributed by atoms with E-state index in [4.69, 9.17) is 4.74 Å². The lowest BCUT2D eigenvalue weighted by Crippen LogP contribution is -2.39. The first-order valence-electron chi connectivity index (χ1n) is 4.15. The molecule has 0 spiro atoms. The third-order valence-corrected chi connectivity index (χ3v) is 2.12. The molecule has 2 unspecified atom stereocenters. The highest BCUT2D eigenvalue weighted by atomic mass is 16.5. The average Bonchev–Trinajstić information content (AvgIpc) is 1.92. The molecule has 0 amide bonds. The highest BCUT2D eigenvalue weighted by Gasteiger charge is 2.12. The van der Waals surface area contributed by atoms with E-state index in [1.54, 1.807) is 0 Å². The van der Waals surface area contributed by atoms with Gasteiger partial charge in [-0.15, -0.1) is 0 Å². The molecule has 1 saturated heterocycles. The van der Waals surface area contributed by atoms with Gasteiger partial charge in [0.25, 0.3) is 0 Å². The van der Waals surface area contributed by atoms with Crippen molar-refractivity contribution in [1.82, 2.24) is 5.32 Å². The van der Waals surface area contributed by atoms with Crippen molar-refractivity contribution in [3.63, 3.8) is 0 Å². The molecule has 1 fully saturated rings. The molecule has 0 saturated carbocycles. The molecule has 0 aromatic carbocycles. The molecule has 2 atom stereocenters. The molecule has 0 aromatic heterocycles. The van der Waals surface area contributed by atoms with E-state index in [1.165, 1.54) is 12.8 Å². The minimum absolute atomic E-state index is 0.375. The van der Waals surface area contributed by atoms with Gasteiger partial charge in [-0.05, 0) is 33.2 Å². The van der Waals surface area contributed by atoms with Crippen molar-refractivity contribution in [2.24, 2.45) is 0 Å². The summed E-state index contributed by atoms with van der Waals surface area (Å²) in [6.45, 7) is 6.39. The first kappa shape index (κ1) is 8.02. The highest BCUT2D eigenvalue weighted by molar-refractivity contribution is 4.69. The van der Waals surface area contributed by atoms with Gasteiger partial charge in [0.05, 0.1) is 6.10 Å². The summed E-state index contributed by atoms with van der Waals surface area (Å²) in [6.07, 6.45) is 2.82. The van der Waals surface area contributed by atoms with Gasteiger partial charge in [-0.3, -0.25) is 0 Å². The van der Waals surface area contributed by atoms with Crippen LogP contribution in [0.1, 0.15) is 26.7 Å². The zero-order valence-corrected chi connectivity index (χ0v) is 6.89. The van der Waals surface area contributed by atoms with Crippen LogP contribution in [0.4, 0.5) is 0 Å². The molecule has 0 aromatic rings. The molecule has 10 heavy (non-hydrogen) atoms. The highest BCUT2D eigenvalue weighted by Crippen LogP contribution is 2.03. The predicted molar refractivity (Wildman–Crippen MR) is 42.1 cm³/mol. The normalized spacial score (nSPS) is 36.6. The summed E-state index contributed by atoms with van der Waals surface area (Å²) in [4.78, 5) is 0. The van der Waals surface area contributed by atoms with Crippen LogP contribution < -0.4 is 5.32 Å². The quantitative estimate of drug-likeness (QED) is 0.549. The van der Waals surface area contributed by atoms with Crippen LogP contribution in [-0.2, 0) is 4.74 Å². The third kappa shape index (κ3) is 2.27. The smallest absolute Gasteiger partial charge is 0.0697 e. The molecule has 1 rings (SSSR count). The maximum Gasteiger partial charge on any atom is 0.0697 e. The second kappa shape index (κ2) is 3.94. The van der Waals surface area contributed by atoms with Gasteiger partial charge >= 0.3 is 0 Å². The van der Waals surface area contributed by atoms with E-state index in [9.17, 15) is 0 Å². The Morgan fingerprint density at radius 2 is 2.10 bits per heavy atom. The summed E-state index contributed by atoms with van der Waals surface area (Å²) in [5.74, 6) is 0. The van der Waals surface area contributed by atoms with Crippen molar-refractivity contribution in [1.29, 1.82) is 0 Å². The fourth-order valence-corrected chi connectivity index (χ4v) is 1.14. The van der Waals surface area contributed by atoms with E-state index in [-0.39, 0.29) is 0 Å². The second-order valence-electron chi connectivity index (χ2n) is 3.03. The lowest BCUT2D eigenvalue weighted by atomic mass is 10.2. The Bertz CT molecular complexity index is 83.3. The number of rotatable bonds is 0. The molecule has 0 radical (unpaired) electrons. The molecular weight excluding hydrogens is 126 g/mol. The summed E-state index contributed by atoms with van der Waals surface area (Å²) in [7, 11) is 0. The Morgan fingerprint density at radius 1 is 1.30 bits per heavy atom. The molecule has 1 N–H and O–H groups in total. The summed E-state index contributed by atoms with van der Waals surface area (Å²) in [6, 6.07) is 0.514. The number of hydrogen-bond donors (Lipinski definition) is 1. The molecule has 2 heteroatoms. The van der Waals surface area contributed by atoms with E-state index in [0.717, 1.165) is 13.2 Å². The Balaban J connectivity index is 2.28. The Labute approximate surface area is 63.0 Å². The van der Waals surface area contributed by atoms with Gasteiger partial charge in [0.15, 0.2) is 0 Å². The van der Waals surface area contributed by atoms with Crippen LogP contribution >= 0.6 is 0 Å². The van der Waals surface area contributed by atoms with Gasteiger partial charge in [-0.25, -0.2) is 0 Å². The SMILES string of the molecule is CC1NCCCCOC1C. The minimum atomic E-state index is 0.375. The van der Waals surface area contributed by atoms with Crippen LogP contribution in [0.2, 0.25) is 0 Å². The van der Waals surface area contributed by atoms with Gasteiger partial charge < -0.3 is 10.1 Å². The van der Waals surface area contributed by atoms with E-state index < -0.39 is 0 Å². The summed E-state index contributed by atoms with van der Waals surface area (Å²) in [5.41, 5.74) is 0. The number of nitrogens with one attached hydrogen (secondary N) is 1. The van der Waals surface area contributed by atoms with Crippen LogP contribution in [-0.4, -0.2) is 25.3 Å². The van der Waals surface area contributed by atoms with Gasteiger partial charge in [0.1, 0.15) is 0 Å². The Morgan fingerprint density at radius 3 is 2.90 bits per heavy atom. The second-order valence-corrected chi connectivity index (χ2v) is 3.03. The van der Waals surface area contributed by atoms with Crippen LogP contribution in [0.3, 0.4) is 0 Å². The Kier molecular flexibility index (Phi) is 3.16. The van der Waals surface area contributed by atoms with Crippen molar-refractivity contribution < 1.29 is 4.74 Å². The van der Waals surface area contributed by atoms with Crippen LogP contribution in [0.15, 0.2) is 0 Å². The Hall–Kier alpha value is -0.0800. The molecule has 0 aliphatic carbocycles. The molecule has 2 nitrogen and oxygen atoms in total. The van der Waals surface area contributed by atoms with Gasteiger partial charge in [0, 0.05) is 12.6 Å². The number of hydrogen-bond acceptors (Lipinski definition) is 2. The van der Waals surface area contributed by atoms with Gasteiger partial charge in [-0.1, -0.05) is 0 Å². The van der Waals surface area contributed by atoms with Crippen molar-refractivity contribution in [3.05, 3.63) is 0 Å². The van der Waals surface area contributed by atoms with E-state index >= 15 is 0 Å². The summed E-state index contributed by atoms with van der Waals surface area (Å²) in [5, 5.41) is 3.41. The zero-order valence-electron chi connectivity index (χ0n) is 6.89. The van der Waals surface area contributed by atoms with Crippen molar-refractivity contribution in [3.8, 4) is 0 Å². The minimum Gasteiger partial charge on any atom is -0.377 e. The predicted octanol–water partition coefficient (Wildman–Crippen LogP) is 1.16. The standard InChI is InChI=1S/C8H17NO/c1-7-8(2)10-6-4-3-5-9-7/h7-9H,3-6H2,1-2H3. The average molecular weight is 143 g/mol. The summed E-state index contributed by atoms with van der Waals surface area (Å²) < 4.78 is 5.53. The topological polar surface area (TPSA) is 21.3 Å². The van der Waals surface area contributed by atoms with Crippen LogP contribution in [0.5, 0.6) is 0 Å². The lowest BCUT2D eigenvalue weighted by molar-refractivity contribution is 0.0325. The van der Waals surface area contributed by atoms with E-state index in [2.05, 4.69) is 19.2 Å². The number of ether oxygens (including phenoxy) is 1. The van der Waals surface area contributed by atoms with Gasteiger partial charge in [0.2, 0.25) is 0 Å². The monoisotopic (exact) mass is 143 g/mol. The first-order chi connectivity index (χ1) is 4.80. The third-order valence-electron chi connectivity index (χ3n) is 2.12. The maximum atomic E-state index is 5.53. The van der Waals surface area contributed by atoms with E-state index in [0.29, 0.717) is 12.1 Å². The van der Waals surface area contributed by atoms with E-state index in [1.807, 2.05) is 0 Å². The molecule has 0 bridgehead atoms. The van der Waals surface area contributed by atoms with Crippen LogP contribution in [0, 0.1) is 0 Å². The fourth-order valence-electron chi connectivity index (χ4n) is 1.14. The maximum absolute atomic E-state index is 5.53. The molecule has 1 aliphatic rings. The first-order valence-corrected chi connectivity index (χ1v) is 4.15. The zero-order chi connectivity index (χ0) is 7.40. The van der Waals surface area contributed by atoms with Crippen molar-refractivity contribution >= 4 is 0 Å². The van der Waals surface area contributed by atoms with Crippen LogP contribution in [0.25, 0.3) is 0 Å². The molecule has 1 heterocycles. The fraction of sp³-hybridized carbons (Fsp3) is 1.00. The summed E-state index contributed by atoms with van der Waals surface area (Å²) >= 11 is 0. The lowest BCUT2D eigenvalue weighted by Gasteiger charge is -2.24. The molecule has 1 aliphatic heterocycles. The van der Waals surface area contributed by atoms with Gasteiger partial charge in [-0.2, -0.15) is 0 Å². The van der Waals surface area contributed by atoms with Crippen molar-refractivity contribution in [2.75, 3.05) is 13.2 Å².